The number of carboxylic acids is 1. The molecule has 0 radical (unpaired) electrons. The van der Waals surface area contributed by atoms with Gasteiger partial charge in [-0.2, -0.15) is 0 Å². The first-order valence-corrected chi connectivity index (χ1v) is 6.28. The van der Waals surface area contributed by atoms with E-state index in [2.05, 4.69) is 0 Å². The van der Waals surface area contributed by atoms with Gasteiger partial charge < -0.3 is 25.1 Å². The number of methoxy groups -OCH3 is 3. The highest BCUT2D eigenvalue weighted by Crippen LogP contribution is 2.35. The van der Waals surface area contributed by atoms with Crippen LogP contribution in [0.25, 0.3) is 0 Å². The predicted molar refractivity (Wildman–Crippen MR) is 74.6 cm³/mol. The number of ether oxygens (including phenoxy) is 3. The van der Waals surface area contributed by atoms with E-state index in [9.17, 15) is 4.79 Å². The molecule has 1 unspecified atom stereocenters. The average Bonchev–Trinajstić information content (AvgIpc) is 2.44. The third kappa shape index (κ3) is 4.31. The van der Waals surface area contributed by atoms with Crippen molar-refractivity contribution in [1.29, 1.82) is 0 Å². The van der Waals surface area contributed by atoms with Gasteiger partial charge >= 0.3 is 5.97 Å². The number of nitrogens with two attached hydrogens (primary N) is 1. The summed E-state index contributed by atoms with van der Waals surface area (Å²) in [5.74, 6) is 0.967. The summed E-state index contributed by atoms with van der Waals surface area (Å²) < 4.78 is 15.8. The monoisotopic (exact) mass is 283 g/mol. The predicted octanol–water partition coefficient (Wildman–Crippen LogP) is 1.45. The van der Waals surface area contributed by atoms with E-state index in [1.807, 2.05) is 0 Å². The number of hydrogen-bond donors (Lipinski definition) is 2. The molecule has 0 saturated carbocycles. The van der Waals surface area contributed by atoms with Gasteiger partial charge in [0.25, 0.3) is 0 Å². The third-order valence-corrected chi connectivity index (χ3v) is 3.00. The lowest BCUT2D eigenvalue weighted by Gasteiger charge is -2.16. The molecule has 0 amide bonds. The van der Waals surface area contributed by atoms with E-state index in [-0.39, 0.29) is 12.5 Å². The molecule has 0 heterocycles. The standard InChI is InChI=1S/C14H21NO5/c1-18-11-8-13(20-3)12(19-2)7-9(11)6-10(15)4-5-14(16)17/h7-8,10H,4-6,15H2,1-3H3,(H,16,17). The van der Waals surface area contributed by atoms with Crippen LogP contribution in [0.4, 0.5) is 0 Å². The van der Waals surface area contributed by atoms with Crippen molar-refractivity contribution in [2.75, 3.05) is 21.3 Å². The fourth-order valence-electron chi connectivity index (χ4n) is 1.95. The lowest BCUT2D eigenvalue weighted by molar-refractivity contribution is -0.137. The van der Waals surface area contributed by atoms with Crippen LogP contribution < -0.4 is 19.9 Å². The van der Waals surface area contributed by atoms with Crippen LogP contribution >= 0.6 is 0 Å². The maximum atomic E-state index is 10.5. The molecular formula is C14H21NO5. The summed E-state index contributed by atoms with van der Waals surface area (Å²) in [5, 5.41) is 8.66. The van der Waals surface area contributed by atoms with Crippen LogP contribution in [-0.2, 0) is 11.2 Å². The number of hydrogen-bond acceptors (Lipinski definition) is 5. The lowest BCUT2D eigenvalue weighted by atomic mass is 10.0. The van der Waals surface area contributed by atoms with E-state index >= 15 is 0 Å². The van der Waals surface area contributed by atoms with E-state index in [0.29, 0.717) is 30.1 Å². The largest absolute Gasteiger partial charge is 0.496 e. The maximum absolute atomic E-state index is 10.5. The SMILES string of the molecule is COc1cc(OC)c(OC)cc1CC(N)CCC(=O)O. The van der Waals surface area contributed by atoms with Crippen molar-refractivity contribution in [2.45, 2.75) is 25.3 Å². The summed E-state index contributed by atoms with van der Waals surface area (Å²) in [6.07, 6.45) is 0.973. The van der Waals surface area contributed by atoms with Gasteiger partial charge in [-0.3, -0.25) is 4.79 Å². The van der Waals surface area contributed by atoms with Gasteiger partial charge in [-0.1, -0.05) is 0 Å². The number of carboxylic acid groups (broad SMARTS) is 1. The zero-order valence-corrected chi connectivity index (χ0v) is 12.0. The quantitative estimate of drug-likeness (QED) is 0.750. The van der Waals surface area contributed by atoms with Gasteiger partial charge in [-0.25, -0.2) is 0 Å². The molecule has 1 atom stereocenters. The van der Waals surface area contributed by atoms with Crippen molar-refractivity contribution in [3.8, 4) is 17.2 Å². The highest BCUT2D eigenvalue weighted by molar-refractivity contribution is 5.66. The fraction of sp³-hybridized carbons (Fsp3) is 0.500. The second-order valence-electron chi connectivity index (χ2n) is 4.42. The summed E-state index contributed by atoms with van der Waals surface area (Å²) in [6, 6.07) is 3.29. The smallest absolute Gasteiger partial charge is 0.303 e. The van der Waals surface area contributed by atoms with Crippen molar-refractivity contribution in [2.24, 2.45) is 5.73 Å². The van der Waals surface area contributed by atoms with E-state index < -0.39 is 5.97 Å². The van der Waals surface area contributed by atoms with Crippen molar-refractivity contribution in [3.05, 3.63) is 17.7 Å². The zero-order chi connectivity index (χ0) is 15.1. The Bertz CT molecular complexity index is 461. The third-order valence-electron chi connectivity index (χ3n) is 3.00. The van der Waals surface area contributed by atoms with E-state index in [1.165, 1.54) is 0 Å². The lowest BCUT2D eigenvalue weighted by Crippen LogP contribution is -2.24. The molecule has 0 spiro atoms. The van der Waals surface area contributed by atoms with Gasteiger partial charge in [0.15, 0.2) is 11.5 Å². The van der Waals surface area contributed by atoms with E-state index in [1.54, 1.807) is 33.5 Å². The molecule has 3 N–H and O–H groups in total. The van der Waals surface area contributed by atoms with Gasteiger partial charge in [0.05, 0.1) is 21.3 Å². The van der Waals surface area contributed by atoms with Gasteiger partial charge in [0, 0.05) is 18.5 Å². The highest BCUT2D eigenvalue weighted by atomic mass is 16.5. The van der Waals surface area contributed by atoms with Gasteiger partial charge in [-0.05, 0) is 24.5 Å². The Morgan fingerprint density at radius 2 is 1.70 bits per heavy atom. The molecule has 0 aliphatic heterocycles. The van der Waals surface area contributed by atoms with E-state index in [0.717, 1.165) is 5.56 Å². The van der Waals surface area contributed by atoms with Crippen LogP contribution in [-0.4, -0.2) is 38.4 Å². The summed E-state index contributed by atoms with van der Waals surface area (Å²) in [4.78, 5) is 10.5. The van der Waals surface area contributed by atoms with Gasteiger partial charge in [0.1, 0.15) is 5.75 Å². The van der Waals surface area contributed by atoms with Crippen LogP contribution in [0.2, 0.25) is 0 Å². The van der Waals surface area contributed by atoms with Gasteiger partial charge in [0.2, 0.25) is 0 Å². The second kappa shape index (κ2) is 7.59. The first-order valence-electron chi connectivity index (χ1n) is 6.28. The molecule has 6 nitrogen and oxygen atoms in total. The van der Waals surface area contributed by atoms with Crippen LogP contribution in [0.5, 0.6) is 17.2 Å². The Kier molecular flexibility index (Phi) is 6.11. The summed E-state index contributed by atoms with van der Waals surface area (Å²) in [5.41, 5.74) is 6.81. The molecule has 0 aliphatic rings. The molecule has 0 bridgehead atoms. The molecular weight excluding hydrogens is 262 g/mol. The molecule has 0 saturated heterocycles. The molecule has 1 aromatic rings. The topological polar surface area (TPSA) is 91.0 Å². The second-order valence-corrected chi connectivity index (χ2v) is 4.42. The molecule has 0 aromatic heterocycles. The normalized spacial score (nSPS) is 11.8. The Hall–Kier alpha value is -1.95. The number of rotatable bonds is 8. The molecule has 20 heavy (non-hydrogen) atoms. The maximum Gasteiger partial charge on any atom is 0.303 e. The Labute approximate surface area is 118 Å². The van der Waals surface area contributed by atoms with Crippen molar-refractivity contribution < 1.29 is 24.1 Å². The molecule has 1 aromatic carbocycles. The van der Waals surface area contributed by atoms with Crippen molar-refractivity contribution in [1.82, 2.24) is 0 Å². The number of carbonyl (C=O) groups is 1. The minimum absolute atomic E-state index is 0.0524. The highest BCUT2D eigenvalue weighted by Gasteiger charge is 2.15. The summed E-state index contributed by atoms with van der Waals surface area (Å²) in [7, 11) is 4.67. The molecule has 112 valence electrons. The molecule has 6 heteroatoms. The minimum atomic E-state index is -0.847. The average molecular weight is 283 g/mol. The Morgan fingerprint density at radius 1 is 1.15 bits per heavy atom. The van der Waals surface area contributed by atoms with E-state index in [4.69, 9.17) is 25.1 Å². The first-order chi connectivity index (χ1) is 9.51. The van der Waals surface area contributed by atoms with Crippen molar-refractivity contribution in [3.63, 3.8) is 0 Å². The number of benzene rings is 1. The molecule has 0 aliphatic carbocycles. The number of aliphatic carboxylic acids is 1. The minimum Gasteiger partial charge on any atom is -0.496 e. The summed E-state index contributed by atoms with van der Waals surface area (Å²) in [6.45, 7) is 0. The molecule has 0 fully saturated rings. The van der Waals surface area contributed by atoms with Crippen LogP contribution in [0.15, 0.2) is 12.1 Å². The zero-order valence-electron chi connectivity index (χ0n) is 12.0. The Morgan fingerprint density at radius 3 is 2.20 bits per heavy atom. The fourth-order valence-corrected chi connectivity index (χ4v) is 1.95. The Balaban J connectivity index is 2.89. The van der Waals surface area contributed by atoms with Crippen LogP contribution in [0.1, 0.15) is 18.4 Å². The summed E-state index contributed by atoms with van der Waals surface area (Å²) >= 11 is 0. The van der Waals surface area contributed by atoms with Gasteiger partial charge in [-0.15, -0.1) is 0 Å². The van der Waals surface area contributed by atoms with Crippen molar-refractivity contribution >= 4 is 5.97 Å². The van der Waals surface area contributed by atoms with Crippen LogP contribution in [0, 0.1) is 0 Å². The molecule has 1 rings (SSSR count). The first kappa shape index (κ1) is 16.1. The van der Waals surface area contributed by atoms with Crippen LogP contribution in [0.3, 0.4) is 0 Å².